The van der Waals surface area contributed by atoms with Crippen LogP contribution in [0.4, 0.5) is 5.69 Å². The van der Waals surface area contributed by atoms with E-state index >= 15 is 0 Å². The van der Waals surface area contributed by atoms with Crippen molar-refractivity contribution in [2.24, 2.45) is 5.92 Å². The fraction of sp³-hybridized carbons (Fsp3) is 0.458. The van der Waals surface area contributed by atoms with Crippen LogP contribution in [0.1, 0.15) is 52.5 Å². The second kappa shape index (κ2) is 11.4. The minimum absolute atomic E-state index is 0.148. The van der Waals surface area contributed by atoms with Crippen molar-refractivity contribution < 1.29 is 28.8 Å². The number of rotatable bonds is 9. The molecule has 0 aliphatic carbocycles. The van der Waals surface area contributed by atoms with E-state index in [4.69, 9.17) is 9.47 Å². The Morgan fingerprint density at radius 1 is 1.18 bits per heavy atom. The van der Waals surface area contributed by atoms with E-state index in [1.165, 1.54) is 25.3 Å². The van der Waals surface area contributed by atoms with Crippen molar-refractivity contribution in [3.05, 3.63) is 62.5 Å². The first kappa shape index (κ1) is 26.6. The number of hydrogen-bond acceptors (Lipinski definition) is 8. The second-order valence-corrected chi connectivity index (χ2v) is 8.07. The van der Waals surface area contributed by atoms with Gasteiger partial charge in [-0.3, -0.25) is 14.9 Å². The number of nitrogens with zero attached hydrogens (tertiary/aromatic N) is 1. The van der Waals surface area contributed by atoms with Gasteiger partial charge in [0.1, 0.15) is 6.04 Å². The van der Waals surface area contributed by atoms with Crippen LogP contribution in [-0.4, -0.2) is 42.5 Å². The van der Waals surface area contributed by atoms with Crippen molar-refractivity contribution in [1.82, 2.24) is 10.6 Å². The number of hydrogen-bond donors (Lipinski definition) is 2. The highest BCUT2D eigenvalue weighted by molar-refractivity contribution is 6.03. The lowest BCUT2D eigenvalue weighted by Crippen LogP contribution is -2.48. The molecule has 0 unspecified atom stereocenters. The molecule has 0 aromatic heterocycles. The molecular formula is C24H31N3O7. The molecule has 1 amide bonds. The molecule has 34 heavy (non-hydrogen) atoms. The van der Waals surface area contributed by atoms with E-state index in [0.717, 1.165) is 0 Å². The van der Waals surface area contributed by atoms with Crippen molar-refractivity contribution >= 4 is 23.5 Å². The third-order valence-corrected chi connectivity index (χ3v) is 5.86. The highest BCUT2D eigenvalue weighted by Gasteiger charge is 2.39. The molecule has 10 nitrogen and oxygen atoms in total. The molecule has 2 rings (SSSR count). The zero-order chi connectivity index (χ0) is 25.6. The zero-order valence-electron chi connectivity index (χ0n) is 20.3. The normalized spacial score (nSPS) is 17.4. The summed E-state index contributed by atoms with van der Waals surface area (Å²) in [4.78, 5) is 49.7. The van der Waals surface area contributed by atoms with E-state index in [1.807, 2.05) is 13.8 Å². The Morgan fingerprint density at radius 3 is 2.38 bits per heavy atom. The predicted octanol–water partition coefficient (Wildman–Crippen LogP) is 3.10. The van der Waals surface area contributed by atoms with Crippen molar-refractivity contribution in [2.45, 2.75) is 53.0 Å². The van der Waals surface area contributed by atoms with Crippen LogP contribution in [0, 0.1) is 16.0 Å². The van der Waals surface area contributed by atoms with Gasteiger partial charge in [-0.25, -0.2) is 9.59 Å². The molecule has 0 bridgehead atoms. The molecule has 2 N–H and O–H groups in total. The second-order valence-electron chi connectivity index (χ2n) is 8.07. The molecule has 10 heteroatoms. The third-order valence-electron chi connectivity index (χ3n) is 5.86. The first-order valence-corrected chi connectivity index (χ1v) is 11.1. The lowest BCUT2D eigenvalue weighted by molar-refractivity contribution is -0.384. The lowest BCUT2D eigenvalue weighted by Gasteiger charge is -2.32. The quantitative estimate of drug-likeness (QED) is 0.317. The highest BCUT2D eigenvalue weighted by atomic mass is 16.6. The smallest absolute Gasteiger partial charge is 0.336 e. The minimum atomic E-state index is -0.951. The van der Waals surface area contributed by atoms with Crippen LogP contribution in [-0.2, 0) is 23.9 Å². The molecule has 1 heterocycles. The number of carbonyl (C=O) groups is 3. The Balaban J connectivity index is 2.62. The lowest BCUT2D eigenvalue weighted by atomic mass is 9.79. The molecule has 1 aliphatic heterocycles. The molecule has 1 aromatic rings. The summed E-state index contributed by atoms with van der Waals surface area (Å²) in [5, 5.41) is 17.2. The number of nitrogens with one attached hydrogen (secondary N) is 2. The number of methoxy groups -OCH3 is 1. The predicted molar refractivity (Wildman–Crippen MR) is 124 cm³/mol. The average molecular weight is 474 g/mol. The third kappa shape index (κ3) is 5.62. The van der Waals surface area contributed by atoms with Crippen LogP contribution in [0.25, 0.3) is 0 Å². The van der Waals surface area contributed by atoms with Gasteiger partial charge in [-0.1, -0.05) is 32.4 Å². The molecule has 0 fully saturated rings. The Kier molecular flexibility index (Phi) is 8.94. The summed E-state index contributed by atoms with van der Waals surface area (Å²) in [7, 11) is 1.22. The number of non-ortho nitro benzene ring substituents is 1. The molecule has 0 spiro atoms. The Hall–Kier alpha value is -3.69. The Bertz CT molecular complexity index is 1040. The molecule has 1 aliphatic rings. The summed E-state index contributed by atoms with van der Waals surface area (Å²) < 4.78 is 10.1. The molecule has 1 aromatic carbocycles. The zero-order valence-corrected chi connectivity index (χ0v) is 20.3. The average Bonchev–Trinajstić information content (AvgIpc) is 2.81. The number of ether oxygens (including phenoxy) is 2. The van der Waals surface area contributed by atoms with Gasteiger partial charge in [0.25, 0.3) is 11.6 Å². The van der Waals surface area contributed by atoms with E-state index in [9.17, 15) is 24.5 Å². The number of benzene rings is 1. The monoisotopic (exact) mass is 473 g/mol. The summed E-state index contributed by atoms with van der Waals surface area (Å²) in [5.74, 6) is -2.99. The van der Waals surface area contributed by atoms with Gasteiger partial charge in [0.05, 0.1) is 30.1 Å². The van der Waals surface area contributed by atoms with E-state index in [1.54, 1.807) is 26.8 Å². The van der Waals surface area contributed by atoms with Crippen LogP contribution in [0.5, 0.6) is 0 Å². The maximum atomic E-state index is 13.6. The largest absolute Gasteiger partial charge is 0.466 e. The molecule has 0 radical (unpaired) electrons. The van der Waals surface area contributed by atoms with Gasteiger partial charge in [0, 0.05) is 29.1 Å². The van der Waals surface area contributed by atoms with Crippen LogP contribution in [0.3, 0.4) is 0 Å². The van der Waals surface area contributed by atoms with E-state index in [0.29, 0.717) is 23.4 Å². The van der Waals surface area contributed by atoms with Crippen molar-refractivity contribution in [3.8, 4) is 0 Å². The molecule has 184 valence electrons. The summed E-state index contributed by atoms with van der Waals surface area (Å²) in [6.07, 6.45) is 0.612. The van der Waals surface area contributed by atoms with Crippen molar-refractivity contribution in [1.29, 1.82) is 0 Å². The van der Waals surface area contributed by atoms with Gasteiger partial charge in [-0.05, 0) is 32.3 Å². The van der Waals surface area contributed by atoms with Crippen LogP contribution >= 0.6 is 0 Å². The summed E-state index contributed by atoms with van der Waals surface area (Å²) in [6.45, 7) is 8.89. The minimum Gasteiger partial charge on any atom is -0.466 e. The summed E-state index contributed by atoms with van der Waals surface area (Å²) in [5.41, 5.74) is 1.40. The maximum Gasteiger partial charge on any atom is 0.336 e. The number of esters is 2. The van der Waals surface area contributed by atoms with Crippen LogP contribution in [0.2, 0.25) is 0 Å². The highest BCUT2D eigenvalue weighted by Crippen LogP contribution is 2.39. The van der Waals surface area contributed by atoms with E-state index in [2.05, 4.69) is 10.6 Å². The SMILES string of the molecule is CCOC(=O)[C@@H](NC(=O)C1=C(C)NC(C)=C(C(=O)OC)[C@@H]1c1cccc([N+](=O)[O-])c1)[C@@H](C)CC. The van der Waals surface area contributed by atoms with E-state index in [-0.39, 0.29) is 29.4 Å². The molecule has 0 saturated heterocycles. The number of allylic oxidation sites excluding steroid dienone is 2. The fourth-order valence-corrected chi connectivity index (χ4v) is 3.95. The van der Waals surface area contributed by atoms with Crippen LogP contribution < -0.4 is 10.6 Å². The Morgan fingerprint density at radius 2 is 1.82 bits per heavy atom. The number of nitro groups is 1. The first-order chi connectivity index (χ1) is 16.1. The molecule has 0 saturated carbocycles. The summed E-state index contributed by atoms with van der Waals surface area (Å²) >= 11 is 0. The van der Waals surface area contributed by atoms with Crippen LogP contribution in [0.15, 0.2) is 46.8 Å². The van der Waals surface area contributed by atoms with Gasteiger partial charge in [-0.15, -0.1) is 0 Å². The molecular weight excluding hydrogens is 442 g/mol. The Labute approximate surface area is 198 Å². The summed E-state index contributed by atoms with van der Waals surface area (Å²) in [6, 6.07) is 4.85. The van der Waals surface area contributed by atoms with Crippen molar-refractivity contribution in [3.63, 3.8) is 0 Å². The number of carbonyl (C=O) groups excluding carboxylic acids is 3. The van der Waals surface area contributed by atoms with Gasteiger partial charge in [-0.2, -0.15) is 0 Å². The van der Waals surface area contributed by atoms with E-state index < -0.39 is 34.7 Å². The number of amides is 1. The standard InChI is InChI=1S/C24H31N3O7/c1-7-13(3)21(24(30)34-8-2)26-22(28)18-14(4)25-15(5)19(23(29)33-6)20(18)16-10-9-11-17(12-16)27(31)32/h9-13,20-21,25H,7-8H2,1-6H3,(H,26,28)/t13-,20+,21-/m0/s1. The van der Waals surface area contributed by atoms with Gasteiger partial charge in [0.15, 0.2) is 0 Å². The van der Waals surface area contributed by atoms with Crippen molar-refractivity contribution in [2.75, 3.05) is 13.7 Å². The van der Waals surface area contributed by atoms with Gasteiger partial charge < -0.3 is 20.1 Å². The number of nitro benzene ring substituents is 1. The fourth-order valence-electron chi connectivity index (χ4n) is 3.95. The number of dihydropyridines is 1. The maximum absolute atomic E-state index is 13.6. The first-order valence-electron chi connectivity index (χ1n) is 11.1. The van der Waals surface area contributed by atoms with Gasteiger partial charge in [0.2, 0.25) is 0 Å². The molecule has 3 atom stereocenters. The van der Waals surface area contributed by atoms with Gasteiger partial charge >= 0.3 is 11.9 Å². The topological polar surface area (TPSA) is 137 Å².